The highest BCUT2D eigenvalue weighted by molar-refractivity contribution is 6.31. The molecule has 1 aliphatic rings. The van der Waals surface area contributed by atoms with Crippen molar-refractivity contribution in [1.29, 1.82) is 0 Å². The summed E-state index contributed by atoms with van der Waals surface area (Å²) in [5.41, 5.74) is -0.741. The van der Waals surface area contributed by atoms with Gasteiger partial charge in [0.25, 0.3) is 0 Å². The summed E-state index contributed by atoms with van der Waals surface area (Å²) in [6.07, 6.45) is 3.78. The molecule has 0 unspecified atom stereocenters. The highest BCUT2D eigenvalue weighted by atomic mass is 35.5. The first-order valence-electron chi connectivity index (χ1n) is 7.87. The van der Waals surface area contributed by atoms with Gasteiger partial charge in [0.05, 0.1) is 22.7 Å². The molecule has 23 heavy (non-hydrogen) atoms. The fraction of sp³-hybridized carbons (Fsp3) is 0.625. The number of nitrogens with one attached hydrogen (secondary N) is 1. The van der Waals surface area contributed by atoms with Gasteiger partial charge in [-0.2, -0.15) is 13.2 Å². The lowest BCUT2D eigenvalue weighted by Gasteiger charge is -2.21. The third kappa shape index (κ3) is 5.68. The van der Waals surface area contributed by atoms with Crippen molar-refractivity contribution in [3.8, 4) is 0 Å². The van der Waals surface area contributed by atoms with Gasteiger partial charge in [-0.15, -0.1) is 0 Å². The van der Waals surface area contributed by atoms with E-state index >= 15 is 0 Å². The highest BCUT2D eigenvalue weighted by Gasteiger charge is 2.31. The average Bonchev–Trinajstić information content (AvgIpc) is 2.43. The zero-order valence-electron chi connectivity index (χ0n) is 12.8. The predicted octanol–water partition coefficient (Wildman–Crippen LogP) is 4.53. The number of carbonyl (C=O) groups is 1. The van der Waals surface area contributed by atoms with Crippen LogP contribution in [0.3, 0.4) is 0 Å². The van der Waals surface area contributed by atoms with E-state index in [-0.39, 0.29) is 29.1 Å². The molecule has 1 N–H and O–H groups in total. The van der Waals surface area contributed by atoms with Crippen LogP contribution in [0.2, 0.25) is 5.02 Å². The molecule has 0 saturated heterocycles. The number of pyridine rings is 1. The maximum absolute atomic E-state index is 12.6. The zero-order chi connectivity index (χ0) is 16.9. The number of hydrogen-bond acceptors (Lipinski definition) is 2. The number of nitrogens with zero attached hydrogens (tertiary/aromatic N) is 1. The van der Waals surface area contributed by atoms with Crippen LogP contribution in [0.25, 0.3) is 0 Å². The molecule has 0 radical (unpaired) electrons. The minimum atomic E-state index is -4.49. The van der Waals surface area contributed by atoms with Gasteiger partial charge < -0.3 is 5.32 Å². The second kappa shape index (κ2) is 7.99. The summed E-state index contributed by atoms with van der Waals surface area (Å²) in [6.45, 7) is 0. The van der Waals surface area contributed by atoms with Crippen molar-refractivity contribution >= 4 is 17.5 Å². The monoisotopic (exact) mass is 348 g/mol. The number of halogens is 4. The standard InChI is InChI=1S/C16H20ClF3N2O/c17-13-8-11(16(18,19)20)10-21-14(13)9-15(23)22-12-6-4-2-1-3-5-7-12/h8,10,12H,1-7,9H2,(H,22,23). The molecule has 2 rings (SSSR count). The van der Waals surface area contributed by atoms with Crippen molar-refractivity contribution in [1.82, 2.24) is 10.3 Å². The maximum atomic E-state index is 12.6. The third-order valence-corrected chi connectivity index (χ3v) is 4.37. The third-order valence-electron chi connectivity index (χ3n) is 4.04. The first kappa shape index (κ1) is 18.0. The number of rotatable bonds is 3. The number of aromatic nitrogens is 1. The van der Waals surface area contributed by atoms with Gasteiger partial charge in [0.15, 0.2) is 0 Å². The average molecular weight is 349 g/mol. The first-order chi connectivity index (χ1) is 10.9. The van der Waals surface area contributed by atoms with E-state index in [1.807, 2.05) is 0 Å². The molecule has 7 heteroatoms. The van der Waals surface area contributed by atoms with Gasteiger partial charge in [-0.3, -0.25) is 9.78 Å². The number of alkyl halides is 3. The normalized spacial score (nSPS) is 17.4. The molecule has 1 aliphatic carbocycles. The Morgan fingerprint density at radius 1 is 1.22 bits per heavy atom. The summed E-state index contributed by atoms with van der Waals surface area (Å²) in [5.74, 6) is -0.246. The van der Waals surface area contributed by atoms with Crippen LogP contribution in [-0.4, -0.2) is 16.9 Å². The summed E-state index contributed by atoms with van der Waals surface area (Å²) < 4.78 is 37.7. The highest BCUT2D eigenvalue weighted by Crippen LogP contribution is 2.31. The van der Waals surface area contributed by atoms with E-state index in [1.165, 1.54) is 19.3 Å². The molecule has 3 nitrogen and oxygen atoms in total. The van der Waals surface area contributed by atoms with Crippen LogP contribution >= 0.6 is 11.6 Å². The Balaban J connectivity index is 1.94. The quantitative estimate of drug-likeness (QED) is 0.872. The molecule has 0 aliphatic heterocycles. The van der Waals surface area contributed by atoms with Gasteiger partial charge in [-0.05, 0) is 18.9 Å². The van der Waals surface area contributed by atoms with Crippen LogP contribution in [0.1, 0.15) is 56.2 Å². The smallest absolute Gasteiger partial charge is 0.353 e. The van der Waals surface area contributed by atoms with Gasteiger partial charge in [-0.1, -0.05) is 43.7 Å². The number of carbonyl (C=O) groups excluding carboxylic acids is 1. The van der Waals surface area contributed by atoms with Crippen molar-refractivity contribution in [3.05, 3.63) is 28.5 Å². The second-order valence-corrected chi connectivity index (χ2v) is 6.34. The van der Waals surface area contributed by atoms with E-state index in [1.54, 1.807) is 0 Å². The van der Waals surface area contributed by atoms with Crippen LogP contribution in [0.5, 0.6) is 0 Å². The van der Waals surface area contributed by atoms with Crippen molar-refractivity contribution in [2.75, 3.05) is 0 Å². The van der Waals surface area contributed by atoms with Gasteiger partial charge in [0.2, 0.25) is 5.91 Å². The number of amides is 1. The fourth-order valence-electron chi connectivity index (χ4n) is 2.78. The Morgan fingerprint density at radius 3 is 2.39 bits per heavy atom. The van der Waals surface area contributed by atoms with Gasteiger partial charge in [0.1, 0.15) is 0 Å². The fourth-order valence-corrected chi connectivity index (χ4v) is 3.02. The summed E-state index contributed by atoms with van der Waals surface area (Å²) in [5, 5.41) is 2.82. The van der Waals surface area contributed by atoms with Crippen molar-refractivity contribution in [2.24, 2.45) is 0 Å². The Morgan fingerprint density at radius 2 is 1.83 bits per heavy atom. The van der Waals surface area contributed by atoms with Crippen LogP contribution in [-0.2, 0) is 17.4 Å². The first-order valence-corrected chi connectivity index (χ1v) is 8.25. The molecular formula is C16H20ClF3N2O. The molecule has 128 valence electrons. The van der Waals surface area contributed by atoms with Crippen molar-refractivity contribution < 1.29 is 18.0 Å². The molecule has 0 aromatic carbocycles. The van der Waals surface area contributed by atoms with E-state index in [0.717, 1.165) is 31.7 Å². The largest absolute Gasteiger partial charge is 0.417 e. The SMILES string of the molecule is O=C(Cc1ncc(C(F)(F)F)cc1Cl)NC1CCCCCCC1. The minimum Gasteiger partial charge on any atom is -0.353 e. The molecule has 0 bridgehead atoms. The Kier molecular flexibility index (Phi) is 6.27. The van der Waals surface area contributed by atoms with E-state index in [2.05, 4.69) is 10.3 Å². The molecule has 1 heterocycles. The summed E-state index contributed by atoms with van der Waals surface area (Å²) in [6, 6.07) is 0.948. The molecule has 1 fully saturated rings. The molecule has 1 amide bonds. The molecule has 1 saturated carbocycles. The van der Waals surface area contributed by atoms with E-state index in [0.29, 0.717) is 6.20 Å². The van der Waals surface area contributed by atoms with Crippen molar-refractivity contribution in [3.63, 3.8) is 0 Å². The minimum absolute atomic E-state index is 0.104. The Bertz CT molecular complexity index is 541. The second-order valence-electron chi connectivity index (χ2n) is 5.94. The summed E-state index contributed by atoms with van der Waals surface area (Å²) >= 11 is 5.83. The van der Waals surface area contributed by atoms with Gasteiger partial charge in [-0.25, -0.2) is 0 Å². The Hall–Kier alpha value is -1.30. The molecular weight excluding hydrogens is 329 g/mol. The lowest BCUT2D eigenvalue weighted by atomic mass is 9.96. The van der Waals surface area contributed by atoms with Crippen LogP contribution < -0.4 is 5.32 Å². The van der Waals surface area contributed by atoms with E-state index in [4.69, 9.17) is 11.6 Å². The Labute approximate surface area is 138 Å². The zero-order valence-corrected chi connectivity index (χ0v) is 13.5. The summed E-state index contributed by atoms with van der Waals surface area (Å²) in [7, 11) is 0. The maximum Gasteiger partial charge on any atom is 0.417 e. The molecule has 0 spiro atoms. The van der Waals surface area contributed by atoms with Crippen LogP contribution in [0.15, 0.2) is 12.3 Å². The van der Waals surface area contributed by atoms with E-state index in [9.17, 15) is 18.0 Å². The lowest BCUT2D eigenvalue weighted by Crippen LogP contribution is -2.36. The topological polar surface area (TPSA) is 42.0 Å². The van der Waals surface area contributed by atoms with E-state index < -0.39 is 11.7 Å². The molecule has 1 aromatic rings. The van der Waals surface area contributed by atoms with Crippen LogP contribution in [0.4, 0.5) is 13.2 Å². The number of hydrogen-bond donors (Lipinski definition) is 1. The lowest BCUT2D eigenvalue weighted by molar-refractivity contribution is -0.137. The van der Waals surface area contributed by atoms with Gasteiger partial charge >= 0.3 is 6.18 Å². The van der Waals surface area contributed by atoms with Crippen molar-refractivity contribution in [2.45, 2.75) is 63.6 Å². The summed E-state index contributed by atoms with van der Waals surface area (Å²) in [4.78, 5) is 15.8. The molecule has 1 aromatic heterocycles. The predicted molar refractivity (Wildman–Crippen MR) is 82.2 cm³/mol. The molecule has 0 atom stereocenters. The van der Waals surface area contributed by atoms with Gasteiger partial charge in [0, 0.05) is 12.2 Å². The van der Waals surface area contributed by atoms with Crippen LogP contribution in [0, 0.1) is 0 Å².